The van der Waals surface area contributed by atoms with Gasteiger partial charge in [-0.2, -0.15) is 0 Å². The van der Waals surface area contributed by atoms with Crippen LogP contribution in [0.15, 0.2) is 59.2 Å². The highest BCUT2D eigenvalue weighted by Crippen LogP contribution is 2.22. The van der Waals surface area contributed by atoms with Crippen molar-refractivity contribution in [2.24, 2.45) is 0 Å². The van der Waals surface area contributed by atoms with Crippen LogP contribution in [0.3, 0.4) is 0 Å². The molecule has 3 aromatic rings. The van der Waals surface area contributed by atoms with Crippen LogP contribution in [-0.2, 0) is 16.1 Å². The number of nitrogens with zero attached hydrogens (tertiary/aromatic N) is 1. The van der Waals surface area contributed by atoms with Crippen molar-refractivity contribution in [3.8, 4) is 5.75 Å². The van der Waals surface area contributed by atoms with E-state index in [9.17, 15) is 9.59 Å². The van der Waals surface area contributed by atoms with Gasteiger partial charge in [0.05, 0.1) is 13.4 Å². The summed E-state index contributed by atoms with van der Waals surface area (Å²) in [5.74, 6) is -0.0718. The molecule has 0 aliphatic carbocycles. The lowest BCUT2D eigenvalue weighted by Gasteiger charge is -2.17. The van der Waals surface area contributed by atoms with E-state index in [4.69, 9.17) is 13.9 Å². The average Bonchev–Trinajstić information content (AvgIpc) is 3.20. The minimum atomic E-state index is -0.656. The fourth-order valence-corrected chi connectivity index (χ4v) is 2.56. The van der Waals surface area contributed by atoms with Gasteiger partial charge in [0.1, 0.15) is 5.75 Å². The third kappa shape index (κ3) is 4.03. The maximum atomic E-state index is 12.2. The fraction of sp³-hybridized carbons (Fsp3) is 0.200. The first-order valence-electron chi connectivity index (χ1n) is 8.08. The molecule has 6 heteroatoms. The van der Waals surface area contributed by atoms with Gasteiger partial charge in [-0.3, -0.25) is 4.79 Å². The number of rotatable bonds is 6. The molecule has 26 heavy (non-hydrogen) atoms. The Morgan fingerprint density at radius 1 is 1.08 bits per heavy atom. The molecule has 3 rings (SSSR count). The van der Waals surface area contributed by atoms with E-state index in [0.717, 1.165) is 22.1 Å². The van der Waals surface area contributed by atoms with Gasteiger partial charge in [0.15, 0.2) is 6.61 Å². The lowest BCUT2D eigenvalue weighted by Crippen LogP contribution is -2.30. The van der Waals surface area contributed by atoms with E-state index in [1.165, 1.54) is 17.2 Å². The zero-order valence-electron chi connectivity index (χ0n) is 14.6. The first-order chi connectivity index (χ1) is 12.6. The molecule has 1 heterocycles. The summed E-state index contributed by atoms with van der Waals surface area (Å²) in [6.45, 7) is 0.0833. The van der Waals surface area contributed by atoms with Crippen LogP contribution in [0.1, 0.15) is 16.1 Å². The van der Waals surface area contributed by atoms with E-state index in [-0.39, 0.29) is 18.3 Å². The van der Waals surface area contributed by atoms with E-state index in [1.807, 2.05) is 36.4 Å². The van der Waals surface area contributed by atoms with Crippen molar-refractivity contribution in [1.82, 2.24) is 4.90 Å². The van der Waals surface area contributed by atoms with Crippen LogP contribution in [0.2, 0.25) is 0 Å². The topological polar surface area (TPSA) is 69.0 Å². The van der Waals surface area contributed by atoms with E-state index in [1.54, 1.807) is 20.2 Å². The highest BCUT2D eigenvalue weighted by molar-refractivity contribution is 5.89. The number of ether oxygens (including phenoxy) is 2. The maximum Gasteiger partial charge on any atom is 0.374 e. The Balaban J connectivity index is 1.59. The molecule has 0 fully saturated rings. The van der Waals surface area contributed by atoms with Gasteiger partial charge < -0.3 is 18.8 Å². The molecule has 0 saturated heterocycles. The molecular weight excluding hydrogens is 334 g/mol. The predicted molar refractivity (Wildman–Crippen MR) is 96.0 cm³/mol. The molecule has 0 bridgehead atoms. The van der Waals surface area contributed by atoms with Gasteiger partial charge in [-0.1, -0.05) is 18.2 Å². The number of hydrogen-bond donors (Lipinski definition) is 0. The molecule has 6 nitrogen and oxygen atoms in total. The quantitative estimate of drug-likeness (QED) is 0.636. The summed E-state index contributed by atoms with van der Waals surface area (Å²) in [4.78, 5) is 25.4. The van der Waals surface area contributed by atoms with Crippen LogP contribution in [0.25, 0.3) is 10.8 Å². The molecule has 134 valence electrons. The summed E-state index contributed by atoms with van der Waals surface area (Å²) in [6.07, 6.45) is 1.37. The normalized spacial score (nSPS) is 10.5. The number of carbonyl (C=O) groups excluding carboxylic acids is 2. The van der Waals surface area contributed by atoms with E-state index in [0.29, 0.717) is 6.54 Å². The molecule has 0 saturated carbocycles. The van der Waals surface area contributed by atoms with Crippen molar-refractivity contribution in [3.63, 3.8) is 0 Å². The van der Waals surface area contributed by atoms with Gasteiger partial charge >= 0.3 is 5.97 Å². The van der Waals surface area contributed by atoms with Gasteiger partial charge in [-0.15, -0.1) is 0 Å². The molecule has 0 aliphatic heterocycles. The molecule has 0 unspecified atom stereocenters. The van der Waals surface area contributed by atoms with Crippen LogP contribution in [0.4, 0.5) is 0 Å². The Hall–Kier alpha value is -3.28. The second-order valence-corrected chi connectivity index (χ2v) is 5.85. The molecule has 0 atom stereocenters. The Morgan fingerprint density at radius 3 is 2.58 bits per heavy atom. The molecule has 1 aromatic heterocycles. The van der Waals surface area contributed by atoms with E-state index < -0.39 is 5.97 Å². The zero-order chi connectivity index (χ0) is 18.5. The summed E-state index contributed by atoms with van der Waals surface area (Å²) in [5, 5.41) is 2.13. The summed E-state index contributed by atoms with van der Waals surface area (Å²) in [5.41, 5.74) is 0.982. The maximum absolute atomic E-state index is 12.2. The fourth-order valence-electron chi connectivity index (χ4n) is 2.56. The highest BCUT2D eigenvalue weighted by atomic mass is 16.5. The lowest BCUT2D eigenvalue weighted by atomic mass is 10.1. The first-order valence-corrected chi connectivity index (χ1v) is 8.08. The Bertz CT molecular complexity index is 917. The molecule has 0 radical (unpaired) electrons. The minimum Gasteiger partial charge on any atom is -0.497 e. The largest absolute Gasteiger partial charge is 0.497 e. The van der Waals surface area contributed by atoms with Crippen molar-refractivity contribution < 1.29 is 23.5 Å². The molecular formula is C20H19NO5. The number of methoxy groups -OCH3 is 1. The molecule has 1 amide bonds. The van der Waals surface area contributed by atoms with Crippen molar-refractivity contribution in [2.75, 3.05) is 20.8 Å². The van der Waals surface area contributed by atoms with Crippen molar-refractivity contribution in [1.29, 1.82) is 0 Å². The average molecular weight is 353 g/mol. The van der Waals surface area contributed by atoms with Crippen molar-refractivity contribution in [3.05, 3.63) is 66.1 Å². The van der Waals surface area contributed by atoms with Gasteiger partial charge in [-0.25, -0.2) is 4.79 Å². The van der Waals surface area contributed by atoms with Crippen LogP contribution >= 0.6 is 0 Å². The number of benzene rings is 2. The summed E-state index contributed by atoms with van der Waals surface area (Å²) in [7, 11) is 3.30. The summed E-state index contributed by atoms with van der Waals surface area (Å²) >= 11 is 0. The number of amides is 1. The lowest BCUT2D eigenvalue weighted by molar-refractivity contribution is -0.133. The summed E-state index contributed by atoms with van der Waals surface area (Å²) in [6, 6.07) is 14.9. The van der Waals surface area contributed by atoms with Crippen LogP contribution in [-0.4, -0.2) is 37.5 Å². The predicted octanol–water partition coefficient (Wildman–Crippen LogP) is 3.26. The van der Waals surface area contributed by atoms with E-state index in [2.05, 4.69) is 0 Å². The molecule has 2 aromatic carbocycles. The molecule has 0 spiro atoms. The minimum absolute atomic E-state index is 0.0745. The smallest absolute Gasteiger partial charge is 0.374 e. The SMILES string of the molecule is COc1ccc2cc(CN(C)C(=O)COC(=O)c3ccco3)ccc2c1. The van der Waals surface area contributed by atoms with Crippen molar-refractivity contribution >= 4 is 22.6 Å². The zero-order valence-corrected chi connectivity index (χ0v) is 14.6. The second-order valence-electron chi connectivity index (χ2n) is 5.85. The first kappa shape index (κ1) is 17.5. The van der Waals surface area contributed by atoms with Crippen LogP contribution in [0, 0.1) is 0 Å². The second kappa shape index (κ2) is 7.74. The number of furan rings is 1. The molecule has 0 aliphatic rings. The van der Waals surface area contributed by atoms with Crippen molar-refractivity contribution in [2.45, 2.75) is 6.54 Å². The third-order valence-corrected chi connectivity index (χ3v) is 4.01. The van der Waals surface area contributed by atoms with Gasteiger partial charge in [-0.05, 0) is 46.7 Å². The number of fused-ring (bicyclic) bond motifs is 1. The van der Waals surface area contributed by atoms with Gasteiger partial charge in [0.25, 0.3) is 5.91 Å². The standard InChI is InChI=1S/C20H19NO5/c1-21(19(22)13-26-20(23)18-4-3-9-25-18)12-14-5-6-16-11-17(24-2)8-7-15(16)10-14/h3-11H,12-13H2,1-2H3. The van der Waals surface area contributed by atoms with Gasteiger partial charge in [0.2, 0.25) is 5.76 Å². The molecule has 0 N–H and O–H groups in total. The third-order valence-electron chi connectivity index (χ3n) is 4.01. The van der Waals surface area contributed by atoms with Crippen LogP contribution < -0.4 is 4.74 Å². The van der Waals surface area contributed by atoms with Crippen LogP contribution in [0.5, 0.6) is 5.75 Å². The summed E-state index contributed by atoms with van der Waals surface area (Å²) < 4.78 is 15.1. The highest BCUT2D eigenvalue weighted by Gasteiger charge is 2.15. The number of hydrogen-bond acceptors (Lipinski definition) is 5. The Morgan fingerprint density at radius 2 is 1.85 bits per heavy atom. The van der Waals surface area contributed by atoms with E-state index >= 15 is 0 Å². The number of esters is 1. The monoisotopic (exact) mass is 353 g/mol. The Labute approximate surface area is 150 Å². The number of likely N-dealkylation sites (N-methyl/N-ethyl adjacent to an activating group) is 1. The number of carbonyl (C=O) groups is 2. The Kier molecular flexibility index (Phi) is 5.22. The van der Waals surface area contributed by atoms with Gasteiger partial charge in [0, 0.05) is 13.6 Å².